The van der Waals surface area contributed by atoms with Crippen LogP contribution in [-0.4, -0.2) is 48.4 Å². The number of nitrogens with one attached hydrogen (secondary N) is 2. The molecule has 0 spiro atoms. The number of nitrogens with zero attached hydrogens (tertiary/aromatic N) is 2. The van der Waals surface area contributed by atoms with Gasteiger partial charge in [0.25, 0.3) is 5.91 Å². The molecule has 29 heavy (non-hydrogen) atoms. The largest absolute Gasteiger partial charge is 0.469 e. The van der Waals surface area contributed by atoms with Crippen molar-refractivity contribution in [1.29, 1.82) is 0 Å². The van der Waals surface area contributed by atoms with Crippen molar-refractivity contribution >= 4 is 24.3 Å². The molecule has 1 aromatic carbocycles. The maximum absolute atomic E-state index is 12.5. The molecule has 1 fully saturated rings. The van der Waals surface area contributed by atoms with Gasteiger partial charge in [0.15, 0.2) is 0 Å². The van der Waals surface area contributed by atoms with Crippen LogP contribution in [0.3, 0.4) is 0 Å². The summed E-state index contributed by atoms with van der Waals surface area (Å²) >= 11 is 0. The predicted molar refractivity (Wildman–Crippen MR) is 113 cm³/mol. The Morgan fingerprint density at radius 3 is 2.90 bits per heavy atom. The van der Waals surface area contributed by atoms with Crippen LogP contribution in [0.5, 0.6) is 0 Å². The number of piperidine rings is 1. The normalized spacial score (nSPS) is 17.1. The molecule has 8 heteroatoms. The quantitative estimate of drug-likeness (QED) is 0.671. The van der Waals surface area contributed by atoms with E-state index in [1.807, 2.05) is 42.1 Å². The van der Waals surface area contributed by atoms with Gasteiger partial charge in [0, 0.05) is 19.3 Å². The molecule has 0 bridgehead atoms. The van der Waals surface area contributed by atoms with Gasteiger partial charge >= 0.3 is 5.97 Å². The number of carbonyl (C=O) groups excluding carboxylic acids is 2. The third-order valence-corrected chi connectivity index (χ3v) is 5.09. The van der Waals surface area contributed by atoms with Crippen molar-refractivity contribution < 1.29 is 14.3 Å². The van der Waals surface area contributed by atoms with E-state index in [1.165, 1.54) is 7.11 Å². The molecule has 2 N–H and O–H groups in total. The van der Waals surface area contributed by atoms with E-state index in [2.05, 4.69) is 15.7 Å². The van der Waals surface area contributed by atoms with Crippen LogP contribution in [0.15, 0.2) is 36.5 Å². The summed E-state index contributed by atoms with van der Waals surface area (Å²) < 4.78 is 6.77. The van der Waals surface area contributed by atoms with Crippen molar-refractivity contribution in [2.45, 2.75) is 32.2 Å². The number of benzene rings is 1. The third-order valence-electron chi connectivity index (χ3n) is 5.09. The van der Waals surface area contributed by atoms with E-state index in [9.17, 15) is 9.59 Å². The number of hydrogen-bond donors (Lipinski definition) is 2. The van der Waals surface area contributed by atoms with Crippen LogP contribution in [-0.2, 0) is 16.0 Å². The zero-order valence-corrected chi connectivity index (χ0v) is 17.7. The highest BCUT2D eigenvalue weighted by molar-refractivity contribution is 5.92. The number of methoxy groups -OCH3 is 1. The van der Waals surface area contributed by atoms with Gasteiger partial charge < -0.3 is 15.4 Å². The van der Waals surface area contributed by atoms with E-state index in [0.29, 0.717) is 12.1 Å². The van der Waals surface area contributed by atoms with E-state index in [0.717, 1.165) is 37.1 Å². The molecule has 1 saturated heterocycles. The summed E-state index contributed by atoms with van der Waals surface area (Å²) in [6.07, 6.45) is 4.51. The fourth-order valence-corrected chi connectivity index (χ4v) is 3.56. The van der Waals surface area contributed by atoms with Crippen LogP contribution in [0.1, 0.15) is 40.5 Å². The summed E-state index contributed by atoms with van der Waals surface area (Å²) in [6.45, 7) is 4.11. The minimum absolute atomic E-state index is 0. The first kappa shape index (κ1) is 22.9. The first-order valence-electron chi connectivity index (χ1n) is 9.74. The molecule has 0 aliphatic carbocycles. The zero-order valence-electron chi connectivity index (χ0n) is 16.9. The van der Waals surface area contributed by atoms with Crippen LogP contribution in [0.25, 0.3) is 0 Å². The number of esters is 1. The highest BCUT2D eigenvalue weighted by Crippen LogP contribution is 2.16. The van der Waals surface area contributed by atoms with Crippen molar-refractivity contribution in [3.05, 3.63) is 53.3 Å². The summed E-state index contributed by atoms with van der Waals surface area (Å²) in [7, 11) is 1.37. The van der Waals surface area contributed by atoms with E-state index in [4.69, 9.17) is 4.74 Å². The minimum atomic E-state index is -0.444. The zero-order chi connectivity index (χ0) is 19.9. The van der Waals surface area contributed by atoms with Crippen molar-refractivity contribution in [1.82, 2.24) is 20.4 Å². The van der Waals surface area contributed by atoms with E-state index < -0.39 is 5.92 Å². The molecular weight excluding hydrogens is 392 g/mol. The molecule has 0 saturated carbocycles. The van der Waals surface area contributed by atoms with Crippen molar-refractivity contribution in [3.63, 3.8) is 0 Å². The summed E-state index contributed by atoms with van der Waals surface area (Å²) in [5.74, 6) is -1.05. The van der Waals surface area contributed by atoms with Gasteiger partial charge in [-0.3, -0.25) is 14.3 Å². The molecular formula is C21H29ClN4O3. The summed E-state index contributed by atoms with van der Waals surface area (Å²) in [5, 5.41) is 10.6. The van der Waals surface area contributed by atoms with E-state index in [1.54, 1.807) is 6.07 Å². The Bertz CT molecular complexity index is 818. The predicted octanol–water partition coefficient (Wildman–Crippen LogP) is 2.30. The molecule has 7 nitrogen and oxygen atoms in total. The standard InChI is InChI=1S/C21H28N4O3.ClH/c1-15-5-3-6-16(11-15)12-17(21(27)28-2)13-23-20(26)19-8-10-25(24-19)18-7-4-9-22-14-18;/h3,5-6,8,10-11,17-18,22H,4,7,9,12-14H2,1-2H3,(H,23,26);1H. The van der Waals surface area contributed by atoms with Crippen LogP contribution in [0.4, 0.5) is 0 Å². The van der Waals surface area contributed by atoms with E-state index >= 15 is 0 Å². The Morgan fingerprint density at radius 2 is 2.21 bits per heavy atom. The molecule has 2 atom stereocenters. The Hall–Kier alpha value is -2.38. The third kappa shape index (κ3) is 6.30. The topological polar surface area (TPSA) is 85.2 Å². The van der Waals surface area contributed by atoms with Gasteiger partial charge in [-0.15, -0.1) is 12.4 Å². The fraction of sp³-hybridized carbons (Fsp3) is 0.476. The van der Waals surface area contributed by atoms with Gasteiger partial charge in [0.1, 0.15) is 5.69 Å². The molecule has 3 rings (SSSR count). The van der Waals surface area contributed by atoms with Crippen molar-refractivity contribution in [2.75, 3.05) is 26.7 Å². The number of ether oxygens (including phenoxy) is 1. The number of amides is 1. The molecule has 158 valence electrons. The lowest BCUT2D eigenvalue weighted by Crippen LogP contribution is -2.35. The molecule has 1 amide bonds. The number of hydrogen-bond acceptors (Lipinski definition) is 5. The monoisotopic (exact) mass is 420 g/mol. The second-order valence-corrected chi connectivity index (χ2v) is 7.30. The van der Waals surface area contributed by atoms with Gasteiger partial charge in [0.05, 0.1) is 19.1 Å². The van der Waals surface area contributed by atoms with Crippen molar-refractivity contribution in [2.24, 2.45) is 5.92 Å². The molecule has 1 aliphatic rings. The molecule has 0 radical (unpaired) electrons. The highest BCUT2D eigenvalue weighted by Gasteiger charge is 2.22. The van der Waals surface area contributed by atoms with Crippen LogP contribution in [0, 0.1) is 12.8 Å². The minimum Gasteiger partial charge on any atom is -0.469 e. The molecule has 1 aliphatic heterocycles. The SMILES string of the molecule is COC(=O)C(CNC(=O)c1ccn(C2CCCNC2)n1)Cc1cccc(C)c1.Cl. The van der Waals surface area contributed by atoms with Crippen LogP contribution >= 0.6 is 12.4 Å². The summed E-state index contributed by atoms with van der Waals surface area (Å²) in [5.41, 5.74) is 2.54. The van der Waals surface area contributed by atoms with Crippen molar-refractivity contribution in [3.8, 4) is 0 Å². The maximum Gasteiger partial charge on any atom is 0.310 e. The number of aryl methyl sites for hydroxylation is 1. The fourth-order valence-electron chi connectivity index (χ4n) is 3.56. The van der Waals surface area contributed by atoms with Gasteiger partial charge in [0.2, 0.25) is 0 Å². The average molecular weight is 421 g/mol. The van der Waals surface area contributed by atoms with Gasteiger partial charge in [-0.05, 0) is 44.4 Å². The highest BCUT2D eigenvalue weighted by atomic mass is 35.5. The lowest BCUT2D eigenvalue weighted by Gasteiger charge is -2.22. The van der Waals surface area contributed by atoms with Crippen LogP contribution in [0.2, 0.25) is 0 Å². The Labute approximate surface area is 177 Å². The lowest BCUT2D eigenvalue weighted by atomic mass is 9.98. The first-order chi connectivity index (χ1) is 13.6. The summed E-state index contributed by atoms with van der Waals surface area (Å²) in [6, 6.07) is 9.99. The molecule has 2 heterocycles. The lowest BCUT2D eigenvalue weighted by molar-refractivity contribution is -0.145. The first-order valence-corrected chi connectivity index (χ1v) is 9.74. The Kier molecular flexibility index (Phi) is 8.67. The molecule has 2 aromatic rings. The Balaban J connectivity index is 0.00000300. The summed E-state index contributed by atoms with van der Waals surface area (Å²) in [4.78, 5) is 24.7. The number of halogens is 1. The second-order valence-electron chi connectivity index (χ2n) is 7.30. The molecule has 1 aromatic heterocycles. The average Bonchev–Trinajstić information content (AvgIpc) is 3.21. The van der Waals surface area contributed by atoms with Gasteiger partial charge in [-0.2, -0.15) is 5.10 Å². The van der Waals surface area contributed by atoms with E-state index in [-0.39, 0.29) is 36.9 Å². The number of carbonyl (C=O) groups is 2. The Morgan fingerprint density at radius 1 is 1.38 bits per heavy atom. The van der Waals surface area contributed by atoms with Gasteiger partial charge in [-0.25, -0.2) is 0 Å². The molecule has 2 unspecified atom stereocenters. The maximum atomic E-state index is 12.5. The van der Waals surface area contributed by atoms with Gasteiger partial charge in [-0.1, -0.05) is 29.8 Å². The second kappa shape index (κ2) is 11.0. The number of rotatable bonds is 7. The number of aromatic nitrogens is 2. The van der Waals surface area contributed by atoms with Crippen LogP contribution < -0.4 is 10.6 Å². The smallest absolute Gasteiger partial charge is 0.310 e.